The molecule has 0 fully saturated rings. The van der Waals surface area contributed by atoms with Crippen molar-refractivity contribution in [2.24, 2.45) is 5.92 Å². The molecule has 1 aliphatic carbocycles. The minimum atomic E-state index is -0.0176. The van der Waals surface area contributed by atoms with E-state index >= 15 is 0 Å². The van der Waals surface area contributed by atoms with Crippen LogP contribution < -0.4 is 0 Å². The highest BCUT2D eigenvalue weighted by atomic mass is 32.6. The molecule has 0 aromatic carbocycles. The van der Waals surface area contributed by atoms with Crippen molar-refractivity contribution in [3.05, 3.63) is 23.8 Å². The lowest BCUT2D eigenvalue weighted by molar-refractivity contribution is 0.473. The minimum Gasteiger partial charge on any atom is -0.258 e. The average Bonchev–Trinajstić information content (AvgIpc) is 2.28. The first kappa shape index (κ1) is 12.3. The molecule has 6 heteroatoms. The van der Waals surface area contributed by atoms with Crippen LogP contribution in [0.1, 0.15) is 30.4 Å². The van der Waals surface area contributed by atoms with Gasteiger partial charge in [0, 0.05) is 18.1 Å². The van der Waals surface area contributed by atoms with Gasteiger partial charge in [0.15, 0.2) is 0 Å². The number of rotatable bonds is 2. The fourth-order valence-electron chi connectivity index (χ4n) is 2.10. The molecule has 6 atom stereocenters. The maximum Gasteiger partial charge on any atom is 0.0701 e. The summed E-state index contributed by atoms with van der Waals surface area (Å²) >= 11 is 0. The van der Waals surface area contributed by atoms with E-state index in [4.69, 9.17) is 0 Å². The molecule has 0 bridgehead atoms. The van der Waals surface area contributed by atoms with Crippen LogP contribution in [0.25, 0.3) is 0 Å². The predicted molar refractivity (Wildman–Crippen MR) is 76.9 cm³/mol. The molecular formula is C9H16N2P4. The van der Waals surface area contributed by atoms with Gasteiger partial charge in [-0.2, -0.15) is 0 Å². The fourth-order valence-corrected chi connectivity index (χ4v) is 7.80. The molecule has 1 aromatic rings. The Morgan fingerprint density at radius 1 is 1.47 bits per heavy atom. The van der Waals surface area contributed by atoms with Crippen molar-refractivity contribution < 1.29 is 0 Å². The Labute approximate surface area is 98.4 Å². The van der Waals surface area contributed by atoms with Gasteiger partial charge in [0.05, 0.1) is 11.4 Å². The van der Waals surface area contributed by atoms with Gasteiger partial charge >= 0.3 is 0 Å². The Kier molecular flexibility index (Phi) is 4.43. The van der Waals surface area contributed by atoms with Gasteiger partial charge in [0.1, 0.15) is 0 Å². The Balaban J connectivity index is 2.37. The number of aryl methyl sites for hydroxylation is 1. The molecule has 0 amide bonds. The molecule has 0 aliphatic heterocycles. The number of hydrogen-bond donors (Lipinski definition) is 0. The van der Waals surface area contributed by atoms with Gasteiger partial charge in [-0.3, -0.25) is 9.97 Å². The Bertz CT molecular complexity index is 347. The second-order valence-electron chi connectivity index (χ2n) is 3.89. The lowest BCUT2D eigenvalue weighted by Crippen LogP contribution is -2.18. The summed E-state index contributed by atoms with van der Waals surface area (Å²) in [7, 11) is 6.84. The zero-order chi connectivity index (χ0) is 10.8. The molecule has 1 aliphatic rings. The third-order valence-corrected chi connectivity index (χ3v) is 14.0. The van der Waals surface area contributed by atoms with Crippen LogP contribution in [0.2, 0.25) is 0 Å². The summed E-state index contributed by atoms with van der Waals surface area (Å²) in [6, 6.07) is 0. The maximum absolute atomic E-state index is 4.56. The molecule has 82 valence electrons. The van der Waals surface area contributed by atoms with E-state index in [1.54, 1.807) is 0 Å². The topological polar surface area (TPSA) is 25.8 Å². The van der Waals surface area contributed by atoms with Gasteiger partial charge in [-0.1, -0.05) is 22.2 Å². The summed E-state index contributed by atoms with van der Waals surface area (Å²) in [6.45, 7) is 2.35. The molecule has 4 unspecified atom stereocenters. The fraction of sp³-hybridized carbons (Fsp3) is 0.556. The van der Waals surface area contributed by atoms with E-state index in [0.29, 0.717) is 5.66 Å². The van der Waals surface area contributed by atoms with E-state index in [0.717, 1.165) is 20.3 Å². The van der Waals surface area contributed by atoms with Crippen molar-refractivity contribution in [1.29, 1.82) is 0 Å². The van der Waals surface area contributed by atoms with Gasteiger partial charge < -0.3 is 0 Å². The molecule has 15 heavy (non-hydrogen) atoms. The summed E-state index contributed by atoms with van der Waals surface area (Å²) < 4.78 is 0. The molecule has 1 aromatic heterocycles. The monoisotopic (exact) mass is 276 g/mol. The summed E-state index contributed by atoms with van der Waals surface area (Å²) in [5.74, 6) is 0.755. The maximum atomic E-state index is 4.56. The molecule has 0 saturated heterocycles. The van der Waals surface area contributed by atoms with Crippen LogP contribution in [-0.2, 0) is 6.42 Å². The van der Waals surface area contributed by atoms with Crippen molar-refractivity contribution >= 4 is 33.1 Å². The van der Waals surface area contributed by atoms with E-state index in [-0.39, 0.29) is 7.30 Å². The van der Waals surface area contributed by atoms with E-state index in [2.05, 4.69) is 34.7 Å². The first-order valence-electron chi connectivity index (χ1n) is 5.04. The lowest BCUT2D eigenvalue weighted by Gasteiger charge is -2.33. The van der Waals surface area contributed by atoms with Crippen LogP contribution in [0, 0.1) is 5.92 Å². The predicted octanol–water partition coefficient (Wildman–Crippen LogP) is 3.76. The second kappa shape index (κ2) is 5.42. The molecule has 0 N–H and O–H groups in total. The first-order chi connectivity index (χ1) is 7.24. The summed E-state index contributed by atoms with van der Waals surface area (Å²) in [5.41, 5.74) is 3.14. The van der Waals surface area contributed by atoms with Gasteiger partial charge in [-0.05, 0) is 18.8 Å². The Hall–Kier alpha value is 0.800. The zero-order valence-corrected chi connectivity index (χ0v) is 12.9. The summed E-state index contributed by atoms with van der Waals surface area (Å²) in [6.07, 6.45) is 6.02. The number of aromatic nitrogens is 2. The van der Waals surface area contributed by atoms with Gasteiger partial charge in [-0.15, -0.1) is 17.9 Å². The first-order valence-corrected chi connectivity index (χ1v) is 11.7. The highest BCUT2D eigenvalue weighted by molar-refractivity contribution is 8.61. The van der Waals surface area contributed by atoms with Crippen LogP contribution >= 0.6 is 33.1 Å². The quantitative estimate of drug-likeness (QED) is 0.769. The minimum absolute atomic E-state index is 0.0176. The SMILES string of the molecule is C[C@H]1CCc2nccnc2[C@H]1P(P)PP. The standard InChI is InChI=1S/C9H16N2P4/c1-6-2-3-7-8(11-5-4-10-7)9(6)15(13)14-12/h4-6,9,14H,2-3,12-13H2,1H3/t6-,9-,15?/m0/s1. The van der Waals surface area contributed by atoms with Crippen LogP contribution in [0.4, 0.5) is 0 Å². The molecule has 2 rings (SSSR count). The summed E-state index contributed by atoms with van der Waals surface area (Å²) in [4.78, 5) is 9.01. The van der Waals surface area contributed by atoms with E-state index < -0.39 is 0 Å². The van der Waals surface area contributed by atoms with Crippen molar-refractivity contribution in [3.8, 4) is 0 Å². The Morgan fingerprint density at radius 2 is 2.20 bits per heavy atom. The smallest absolute Gasteiger partial charge is 0.0701 e. The third-order valence-electron chi connectivity index (χ3n) is 2.91. The van der Waals surface area contributed by atoms with Gasteiger partial charge in [0.25, 0.3) is 0 Å². The van der Waals surface area contributed by atoms with E-state index in [9.17, 15) is 0 Å². The molecular weight excluding hydrogens is 260 g/mol. The van der Waals surface area contributed by atoms with Crippen LogP contribution in [0.15, 0.2) is 12.4 Å². The molecule has 2 nitrogen and oxygen atoms in total. The largest absolute Gasteiger partial charge is 0.258 e. The molecule has 0 saturated carbocycles. The highest BCUT2D eigenvalue weighted by Gasteiger charge is 2.31. The van der Waals surface area contributed by atoms with Crippen molar-refractivity contribution in [2.45, 2.75) is 25.4 Å². The van der Waals surface area contributed by atoms with Crippen LogP contribution in [0.3, 0.4) is 0 Å². The van der Waals surface area contributed by atoms with Crippen molar-refractivity contribution in [2.75, 3.05) is 0 Å². The third kappa shape index (κ3) is 2.56. The Morgan fingerprint density at radius 3 is 2.93 bits per heavy atom. The average molecular weight is 276 g/mol. The zero-order valence-electron chi connectivity index (χ0n) is 8.72. The summed E-state index contributed by atoms with van der Waals surface area (Å²) in [5, 5.41) is 0. The molecule has 1 heterocycles. The number of hydrogen-bond acceptors (Lipinski definition) is 2. The van der Waals surface area contributed by atoms with Gasteiger partial charge in [-0.25, -0.2) is 0 Å². The number of nitrogens with zero attached hydrogens (tertiary/aromatic N) is 2. The second-order valence-corrected chi connectivity index (χ2v) is 13.4. The van der Waals surface area contributed by atoms with Crippen molar-refractivity contribution in [3.63, 3.8) is 0 Å². The highest BCUT2D eigenvalue weighted by Crippen LogP contribution is 2.76. The van der Waals surface area contributed by atoms with Crippen LogP contribution in [0.5, 0.6) is 0 Å². The van der Waals surface area contributed by atoms with Crippen LogP contribution in [-0.4, -0.2) is 9.97 Å². The van der Waals surface area contributed by atoms with Crippen molar-refractivity contribution in [1.82, 2.24) is 9.97 Å². The lowest BCUT2D eigenvalue weighted by atomic mass is 9.90. The normalized spacial score (nSPS) is 27.9. The molecule has 0 radical (unpaired) electrons. The molecule has 0 spiro atoms. The van der Waals surface area contributed by atoms with E-state index in [1.165, 1.54) is 17.8 Å². The van der Waals surface area contributed by atoms with E-state index in [1.807, 2.05) is 12.4 Å². The van der Waals surface area contributed by atoms with Gasteiger partial charge in [0.2, 0.25) is 0 Å². The number of fused-ring (bicyclic) bond motifs is 1.